The van der Waals surface area contributed by atoms with Crippen LogP contribution in [0.2, 0.25) is 0 Å². The third kappa shape index (κ3) is 10.3. The van der Waals surface area contributed by atoms with E-state index in [9.17, 15) is 10.2 Å². The molecule has 0 bridgehead atoms. The molecule has 0 aliphatic rings. The minimum atomic E-state index is 0. The first kappa shape index (κ1) is 48.6. The number of aromatic nitrogens is 2. The van der Waals surface area contributed by atoms with Gasteiger partial charge in [0, 0.05) is 83.1 Å². The normalized spacial score (nSPS) is 10.9. The minimum Gasteiger partial charge on any atom is -0.582 e. The number of ether oxygens (including phenoxy) is 2. The van der Waals surface area contributed by atoms with Gasteiger partial charge in [0.05, 0.1) is 54.3 Å². The van der Waals surface area contributed by atoms with Crippen molar-refractivity contribution in [1.82, 2.24) is 9.13 Å². The summed E-state index contributed by atoms with van der Waals surface area (Å²) in [6, 6.07) is 69.3. The van der Waals surface area contributed by atoms with Crippen molar-refractivity contribution in [2.45, 2.75) is 12.8 Å². The smallest absolute Gasteiger partial charge is 0.263 e. The maximum absolute atomic E-state index is 11.7. The first-order valence-electron chi connectivity index (χ1n) is 23.3. The predicted molar refractivity (Wildman–Crippen MR) is 296 cm³/mol. The van der Waals surface area contributed by atoms with E-state index in [4.69, 9.17) is 9.47 Å². The van der Waals surface area contributed by atoms with Crippen molar-refractivity contribution in [3.8, 4) is 55.3 Å². The molecule has 0 amide bonds. The number of thiophene rings is 2. The summed E-state index contributed by atoms with van der Waals surface area (Å²) in [5, 5.41) is 32.2. The Labute approximate surface area is 441 Å². The van der Waals surface area contributed by atoms with Gasteiger partial charge in [-0.1, -0.05) is 109 Å². The quantitative estimate of drug-likeness (QED) is 0.0586. The molecule has 12 aromatic rings. The Morgan fingerprint density at radius 3 is 1.00 bits per heavy atom. The molecule has 0 saturated carbocycles. The van der Waals surface area contributed by atoms with Crippen LogP contribution >= 0.6 is 22.7 Å². The molecule has 0 aliphatic heterocycles. The summed E-state index contributed by atoms with van der Waals surface area (Å²) in [6.07, 6.45) is 1.73. The molecule has 0 fully saturated rings. The van der Waals surface area contributed by atoms with Gasteiger partial charge >= 0.3 is 0 Å². The Bertz CT molecular complexity index is 3340. The van der Waals surface area contributed by atoms with Gasteiger partial charge < -0.3 is 28.8 Å². The number of para-hydroxylation sites is 6. The van der Waals surface area contributed by atoms with Gasteiger partial charge in [0.15, 0.2) is 24.7 Å². The van der Waals surface area contributed by atoms with Crippen molar-refractivity contribution in [2.75, 3.05) is 13.2 Å². The van der Waals surface area contributed by atoms with E-state index in [-0.39, 0.29) is 37.3 Å². The van der Waals surface area contributed by atoms with Crippen LogP contribution in [0.25, 0.3) is 75.9 Å². The third-order valence-electron chi connectivity index (χ3n) is 12.2. The Kier molecular flexibility index (Phi) is 15.4. The van der Waals surface area contributed by atoms with Crippen LogP contribution in [-0.2, 0) is 25.8 Å². The second-order valence-corrected chi connectivity index (χ2v) is 18.6. The van der Waals surface area contributed by atoms with E-state index >= 15 is 0 Å². The molecule has 8 aromatic carbocycles. The number of fused-ring (bicyclic) bond motifs is 6. The van der Waals surface area contributed by atoms with Gasteiger partial charge in [0.1, 0.15) is 0 Å². The fourth-order valence-electron chi connectivity index (χ4n) is 8.93. The first-order valence-corrected chi connectivity index (χ1v) is 25.1. The molecular formula is C62H52HfN2O4S2. The maximum atomic E-state index is 11.7. The molecule has 6 nitrogen and oxygen atoms in total. The summed E-state index contributed by atoms with van der Waals surface area (Å²) in [5.74, 6) is 2.27. The van der Waals surface area contributed by atoms with E-state index < -0.39 is 0 Å². The van der Waals surface area contributed by atoms with Crippen molar-refractivity contribution in [1.29, 1.82) is 0 Å². The van der Waals surface area contributed by atoms with Crippen LogP contribution in [0.1, 0.15) is 24.0 Å². The monoisotopic (exact) mass is 1130 g/mol. The van der Waals surface area contributed by atoms with E-state index in [0.29, 0.717) is 13.2 Å². The Hall–Kier alpha value is -7.43. The molecule has 0 unspecified atom stereocenters. The summed E-state index contributed by atoms with van der Waals surface area (Å²) < 4.78 is 14.3. The molecule has 350 valence electrons. The van der Waals surface area contributed by atoms with Crippen LogP contribution in [0.5, 0.6) is 23.0 Å². The summed E-state index contributed by atoms with van der Waals surface area (Å²) in [5.41, 5.74) is 9.81. The molecule has 4 N–H and O–H groups in total. The Morgan fingerprint density at radius 2 is 0.676 bits per heavy atom. The van der Waals surface area contributed by atoms with Gasteiger partial charge in [-0.2, -0.15) is 49.2 Å². The fourth-order valence-corrected chi connectivity index (χ4v) is 10.9. The topological polar surface area (TPSA) is 75.9 Å². The van der Waals surface area contributed by atoms with Crippen molar-refractivity contribution >= 4 is 66.3 Å². The third-order valence-corrected chi connectivity index (χ3v) is 14.2. The van der Waals surface area contributed by atoms with Crippen LogP contribution in [0, 0.1) is 13.8 Å². The van der Waals surface area contributed by atoms with Crippen LogP contribution < -0.4 is 0 Å². The number of hydrogen-bond donors (Lipinski definition) is 2. The first-order chi connectivity index (χ1) is 34.5. The van der Waals surface area contributed by atoms with Crippen molar-refractivity contribution < 1.29 is 45.5 Å². The number of unbranched alkanes of at least 4 members (excludes halogenated alkanes) is 1. The molecule has 0 spiro atoms. The van der Waals surface area contributed by atoms with Gasteiger partial charge in [0.25, 0.3) is 11.5 Å². The number of hydrogen-bond acceptors (Lipinski definition) is 4. The summed E-state index contributed by atoms with van der Waals surface area (Å²) in [7, 11) is 0. The molecule has 0 atom stereocenters. The fraction of sp³-hybridized carbons (Fsp3) is 0.0645. The zero-order chi connectivity index (χ0) is 47.8. The van der Waals surface area contributed by atoms with E-state index in [1.807, 2.05) is 144 Å². The van der Waals surface area contributed by atoms with Gasteiger partial charge in [0.2, 0.25) is 0 Å². The van der Waals surface area contributed by atoms with E-state index in [2.05, 4.69) is 95.8 Å². The maximum Gasteiger partial charge on any atom is 0.263 e. The van der Waals surface area contributed by atoms with Crippen molar-refractivity contribution in [3.05, 3.63) is 242 Å². The predicted octanol–water partition coefficient (Wildman–Crippen LogP) is 16.4. The summed E-state index contributed by atoms with van der Waals surface area (Å²) in [4.78, 5) is 1.62. The zero-order valence-electron chi connectivity index (χ0n) is 39.0. The van der Waals surface area contributed by atoms with E-state index in [1.165, 1.54) is 0 Å². The van der Waals surface area contributed by atoms with Gasteiger partial charge in [-0.3, -0.25) is 0 Å². The van der Waals surface area contributed by atoms with Crippen LogP contribution in [0.3, 0.4) is 0 Å². The van der Waals surface area contributed by atoms with Crippen LogP contribution in [0.15, 0.2) is 217 Å². The summed E-state index contributed by atoms with van der Waals surface area (Å²) in [6.45, 7) is 8.73. The minimum absolute atomic E-state index is 0. The van der Waals surface area contributed by atoms with E-state index in [1.54, 1.807) is 22.7 Å². The summed E-state index contributed by atoms with van der Waals surface area (Å²) >= 11 is 3.08. The van der Waals surface area contributed by atoms with Crippen molar-refractivity contribution in [2.24, 2.45) is 0 Å². The molecular weight excluding hydrogens is 1080 g/mol. The molecule has 71 heavy (non-hydrogen) atoms. The zero-order valence-corrected chi connectivity index (χ0v) is 44.3. The Morgan fingerprint density at radius 1 is 0.380 bits per heavy atom. The van der Waals surface area contributed by atoms with Gasteiger partial charge in [-0.25, -0.2) is 0 Å². The number of nitrogens with zero attached hydrogens (tertiary/aromatic N) is 2. The molecule has 0 saturated heterocycles. The average molecular weight is 1130 g/mol. The second kappa shape index (κ2) is 22.5. The average Bonchev–Trinajstić information content (AvgIpc) is 4.16. The number of aliphatic hydroxyl groups is 2. The molecule has 9 heteroatoms. The van der Waals surface area contributed by atoms with E-state index in [0.717, 1.165) is 111 Å². The van der Waals surface area contributed by atoms with Gasteiger partial charge in [-0.05, 0) is 36.4 Å². The molecule has 12 rings (SSSR count). The largest absolute Gasteiger partial charge is 0.582 e. The number of aromatic hydroxyl groups is 4. The number of benzene rings is 8. The molecule has 4 aromatic heterocycles. The van der Waals surface area contributed by atoms with Crippen molar-refractivity contribution in [3.63, 3.8) is 0 Å². The molecule has 4 heterocycles. The Balaban J connectivity index is 0.000000360. The molecule has 0 radical (unpaired) electrons. The van der Waals surface area contributed by atoms with Crippen LogP contribution in [-0.4, -0.2) is 42.0 Å². The standard InChI is InChI=1S/C48H36N2O4S2.2C7H7.Hf/c51-45-41(49-37-21-7-1-15-31(37)32-16-2-8-22-38(32)49)29-55-47(45)35-19-5-11-25-43(35)53-27-13-14-28-54-44-26-12-6-20-36(44)48-46(52)42(30-56-48)50-39-23-9-3-17-33(39)34-18-4-10-24-40(34)50;2*1-7-5-3-2-4-6-7;/h1-12,15-26,29-30,51-52H,13-14,27-28H2;2*2-6H,1H2;/q;2*-1;/p+2. The second-order valence-electron chi connectivity index (χ2n) is 16.8. The number of rotatable bonds is 11. The SMILES string of the molecule is Oc1c(-n2c3ccccc3c3ccccc32)csc1-c1ccccc1[OH+]CCCC[OH+]c1ccccc1-c1scc(-n2c3ccccc3c3ccccc32)c1O.[CH2-]c1ccccc1.[CH2-]c1ccccc1.[Hf]. The molecule has 0 aliphatic carbocycles. The van der Waals surface area contributed by atoms with Crippen LogP contribution in [0.4, 0.5) is 0 Å². The van der Waals surface area contributed by atoms with Gasteiger partial charge in [-0.15, -0.1) is 46.9 Å².